The van der Waals surface area contributed by atoms with Gasteiger partial charge in [0.05, 0.1) is 18.1 Å². The van der Waals surface area contributed by atoms with E-state index < -0.39 is 0 Å². The molecule has 1 aromatic heterocycles. The number of amides is 2. The lowest BCUT2D eigenvalue weighted by atomic mass is 10.2. The first-order valence-corrected chi connectivity index (χ1v) is 7.18. The lowest BCUT2D eigenvalue weighted by molar-refractivity contribution is -0.120. The second-order valence-corrected chi connectivity index (χ2v) is 5.75. The van der Waals surface area contributed by atoms with Gasteiger partial charge in [0.2, 0.25) is 5.91 Å². The summed E-state index contributed by atoms with van der Waals surface area (Å²) in [5, 5.41) is 6.24. The third kappa shape index (κ3) is 4.57. The van der Waals surface area contributed by atoms with Crippen LogP contribution in [0.5, 0.6) is 0 Å². The van der Waals surface area contributed by atoms with Gasteiger partial charge in [0.15, 0.2) is 0 Å². The molecule has 6 nitrogen and oxygen atoms in total. The molecule has 110 valence electrons. The Hall–Kier alpha value is -2.41. The summed E-state index contributed by atoms with van der Waals surface area (Å²) in [7, 11) is 0. The fraction of sp³-hybridized carbons (Fsp3) is 0.214. The van der Waals surface area contributed by atoms with Crippen LogP contribution >= 0.6 is 11.3 Å². The van der Waals surface area contributed by atoms with Crippen LogP contribution in [0.2, 0.25) is 0 Å². The van der Waals surface area contributed by atoms with E-state index in [1.165, 1.54) is 11.3 Å². The number of nitrogens with two attached hydrogens (primary N) is 1. The molecule has 1 heterocycles. The molecule has 0 atom stereocenters. The molecule has 0 aliphatic carbocycles. The van der Waals surface area contributed by atoms with Crippen molar-refractivity contribution < 1.29 is 9.59 Å². The maximum Gasteiger partial charge on any atom is 0.251 e. The summed E-state index contributed by atoms with van der Waals surface area (Å²) in [6, 6.07) is 6.51. The van der Waals surface area contributed by atoms with E-state index in [-0.39, 0.29) is 18.4 Å². The van der Waals surface area contributed by atoms with Crippen molar-refractivity contribution in [1.29, 1.82) is 0 Å². The van der Waals surface area contributed by atoms with Crippen LogP contribution in [-0.4, -0.2) is 23.3 Å². The molecule has 0 bridgehead atoms. The van der Waals surface area contributed by atoms with Crippen molar-refractivity contribution in [2.75, 3.05) is 12.3 Å². The van der Waals surface area contributed by atoms with E-state index in [9.17, 15) is 9.59 Å². The minimum Gasteiger partial charge on any atom is -0.399 e. The Balaban J connectivity index is 1.75. The van der Waals surface area contributed by atoms with Crippen LogP contribution in [0.25, 0.3) is 0 Å². The molecule has 2 amide bonds. The monoisotopic (exact) mass is 304 g/mol. The van der Waals surface area contributed by atoms with Crippen molar-refractivity contribution in [2.24, 2.45) is 0 Å². The van der Waals surface area contributed by atoms with E-state index in [1.807, 2.05) is 6.92 Å². The lowest BCUT2D eigenvalue weighted by Gasteiger charge is -2.06. The number of anilines is 1. The van der Waals surface area contributed by atoms with Crippen LogP contribution in [-0.2, 0) is 11.3 Å². The van der Waals surface area contributed by atoms with Crippen LogP contribution in [0.15, 0.2) is 30.5 Å². The molecule has 0 aliphatic rings. The summed E-state index contributed by atoms with van der Waals surface area (Å²) >= 11 is 1.53. The Labute approximate surface area is 126 Å². The van der Waals surface area contributed by atoms with Gasteiger partial charge in [-0.15, -0.1) is 11.3 Å². The van der Waals surface area contributed by atoms with Gasteiger partial charge in [0.25, 0.3) is 5.91 Å². The average molecular weight is 304 g/mol. The van der Waals surface area contributed by atoms with Crippen molar-refractivity contribution in [3.05, 3.63) is 45.9 Å². The molecule has 0 spiro atoms. The fourth-order valence-corrected chi connectivity index (χ4v) is 2.37. The SMILES string of the molecule is Cc1ncc(CNC(=O)CNC(=O)c2ccc(N)cc2)s1. The zero-order valence-corrected chi connectivity index (χ0v) is 12.4. The van der Waals surface area contributed by atoms with Crippen LogP contribution < -0.4 is 16.4 Å². The maximum atomic E-state index is 11.8. The molecule has 4 N–H and O–H groups in total. The highest BCUT2D eigenvalue weighted by atomic mass is 32.1. The molecule has 1 aromatic carbocycles. The lowest BCUT2D eigenvalue weighted by Crippen LogP contribution is -2.36. The van der Waals surface area contributed by atoms with E-state index in [4.69, 9.17) is 5.73 Å². The number of carbonyl (C=O) groups is 2. The molecular formula is C14H16N4O2S. The highest BCUT2D eigenvalue weighted by Crippen LogP contribution is 2.10. The van der Waals surface area contributed by atoms with E-state index in [1.54, 1.807) is 30.5 Å². The highest BCUT2D eigenvalue weighted by Gasteiger charge is 2.08. The number of rotatable bonds is 5. The number of hydrogen-bond acceptors (Lipinski definition) is 5. The second kappa shape index (κ2) is 6.85. The smallest absolute Gasteiger partial charge is 0.251 e. The van der Waals surface area contributed by atoms with Crippen LogP contribution in [0, 0.1) is 6.92 Å². The van der Waals surface area contributed by atoms with Gasteiger partial charge in [-0.3, -0.25) is 9.59 Å². The quantitative estimate of drug-likeness (QED) is 0.720. The van der Waals surface area contributed by atoms with Gasteiger partial charge in [-0.2, -0.15) is 0 Å². The van der Waals surface area contributed by atoms with Crippen molar-refractivity contribution >= 4 is 28.8 Å². The molecular weight excluding hydrogens is 288 g/mol. The van der Waals surface area contributed by atoms with Crippen molar-refractivity contribution in [3.63, 3.8) is 0 Å². The summed E-state index contributed by atoms with van der Waals surface area (Å²) in [5.74, 6) is -0.552. The minimum absolute atomic E-state index is 0.0685. The highest BCUT2D eigenvalue weighted by molar-refractivity contribution is 7.11. The fourth-order valence-electron chi connectivity index (χ4n) is 1.63. The summed E-state index contributed by atoms with van der Waals surface area (Å²) < 4.78 is 0. The molecule has 0 saturated heterocycles. The molecule has 7 heteroatoms. The molecule has 0 aliphatic heterocycles. The molecule has 0 radical (unpaired) electrons. The van der Waals surface area contributed by atoms with Gasteiger partial charge in [-0.05, 0) is 31.2 Å². The summed E-state index contributed by atoms with van der Waals surface area (Å²) in [6.45, 7) is 2.26. The predicted octanol–water partition coefficient (Wildman–Crippen LogP) is 1.08. The Morgan fingerprint density at radius 1 is 1.24 bits per heavy atom. The first-order chi connectivity index (χ1) is 10.0. The maximum absolute atomic E-state index is 11.8. The molecule has 0 fully saturated rings. The normalized spacial score (nSPS) is 10.1. The Bertz CT molecular complexity index is 637. The second-order valence-electron chi connectivity index (χ2n) is 4.43. The zero-order chi connectivity index (χ0) is 15.2. The van der Waals surface area contributed by atoms with Gasteiger partial charge in [0, 0.05) is 22.3 Å². The zero-order valence-electron chi connectivity index (χ0n) is 11.6. The first kappa shape index (κ1) is 15.0. The number of carbonyl (C=O) groups excluding carboxylic acids is 2. The van der Waals surface area contributed by atoms with E-state index in [2.05, 4.69) is 15.6 Å². The summed E-state index contributed by atoms with van der Waals surface area (Å²) in [5.41, 5.74) is 6.60. The molecule has 21 heavy (non-hydrogen) atoms. The van der Waals surface area contributed by atoms with E-state index >= 15 is 0 Å². The first-order valence-electron chi connectivity index (χ1n) is 6.36. The van der Waals surface area contributed by atoms with Gasteiger partial charge in [-0.1, -0.05) is 0 Å². The predicted molar refractivity (Wildman–Crippen MR) is 81.9 cm³/mol. The molecule has 2 rings (SSSR count). The summed E-state index contributed by atoms with van der Waals surface area (Å²) in [6.07, 6.45) is 1.73. The third-order valence-corrected chi connectivity index (χ3v) is 3.62. The van der Waals surface area contributed by atoms with E-state index in [0.717, 1.165) is 9.88 Å². The number of nitrogens with one attached hydrogen (secondary N) is 2. The van der Waals surface area contributed by atoms with Crippen molar-refractivity contribution in [1.82, 2.24) is 15.6 Å². The van der Waals surface area contributed by atoms with Gasteiger partial charge in [0.1, 0.15) is 0 Å². The van der Waals surface area contributed by atoms with Crippen molar-refractivity contribution in [2.45, 2.75) is 13.5 Å². The number of nitrogen functional groups attached to an aromatic ring is 1. The van der Waals surface area contributed by atoms with E-state index in [0.29, 0.717) is 17.8 Å². The number of aromatic nitrogens is 1. The Morgan fingerprint density at radius 2 is 1.95 bits per heavy atom. The number of hydrogen-bond donors (Lipinski definition) is 3. The number of thiazole rings is 1. The van der Waals surface area contributed by atoms with Gasteiger partial charge < -0.3 is 16.4 Å². The molecule has 2 aromatic rings. The van der Waals surface area contributed by atoms with Crippen molar-refractivity contribution in [3.8, 4) is 0 Å². The van der Waals surface area contributed by atoms with Gasteiger partial charge in [-0.25, -0.2) is 4.98 Å². The van der Waals surface area contributed by atoms with Crippen LogP contribution in [0.3, 0.4) is 0 Å². The Morgan fingerprint density at radius 3 is 2.57 bits per heavy atom. The largest absolute Gasteiger partial charge is 0.399 e. The minimum atomic E-state index is -0.307. The number of benzene rings is 1. The Kier molecular flexibility index (Phi) is 4.89. The molecule has 0 saturated carbocycles. The summed E-state index contributed by atoms with van der Waals surface area (Å²) in [4.78, 5) is 28.5. The van der Waals surface area contributed by atoms with Crippen LogP contribution in [0.4, 0.5) is 5.69 Å². The van der Waals surface area contributed by atoms with Gasteiger partial charge >= 0.3 is 0 Å². The third-order valence-electron chi connectivity index (χ3n) is 2.71. The number of aryl methyl sites for hydroxylation is 1. The topological polar surface area (TPSA) is 97.1 Å². The standard InChI is InChI=1S/C14H16N4O2S/c1-9-16-6-12(21-9)7-17-13(19)8-18-14(20)10-2-4-11(15)5-3-10/h2-6H,7-8,15H2,1H3,(H,17,19)(H,18,20). The molecule has 0 unspecified atom stereocenters. The number of nitrogens with zero attached hydrogens (tertiary/aromatic N) is 1. The van der Waals surface area contributed by atoms with Crippen LogP contribution in [0.1, 0.15) is 20.2 Å². The average Bonchev–Trinajstić information content (AvgIpc) is 2.89.